The van der Waals surface area contributed by atoms with Crippen molar-refractivity contribution >= 4 is 0 Å². The maximum atomic E-state index is 13.0. The highest BCUT2D eigenvalue weighted by Gasteiger charge is 2.15. The molecule has 1 N–H and O–H groups in total. The summed E-state index contributed by atoms with van der Waals surface area (Å²) in [7, 11) is 1.72. The minimum atomic E-state index is -0.294. The molecule has 120 valence electrons. The number of methoxy groups -OCH3 is 1. The SMILES string of the molecule is CCNC(CCN(CCOC)C(C)C)c1ccc(F)cn1. The third-order valence-corrected chi connectivity index (χ3v) is 3.58. The quantitative estimate of drug-likeness (QED) is 0.720. The summed E-state index contributed by atoms with van der Waals surface area (Å²) in [5.74, 6) is -0.294. The first-order chi connectivity index (χ1) is 10.1. The van der Waals surface area contributed by atoms with Gasteiger partial charge in [-0.15, -0.1) is 0 Å². The van der Waals surface area contributed by atoms with Crippen molar-refractivity contribution < 1.29 is 9.13 Å². The third kappa shape index (κ3) is 6.50. The van der Waals surface area contributed by atoms with Gasteiger partial charge in [-0.1, -0.05) is 6.92 Å². The van der Waals surface area contributed by atoms with Crippen LogP contribution in [-0.4, -0.2) is 49.3 Å². The van der Waals surface area contributed by atoms with E-state index < -0.39 is 0 Å². The minimum absolute atomic E-state index is 0.152. The smallest absolute Gasteiger partial charge is 0.141 e. The fraction of sp³-hybridized carbons (Fsp3) is 0.688. The van der Waals surface area contributed by atoms with Gasteiger partial charge in [0.2, 0.25) is 0 Å². The molecule has 0 spiro atoms. The average Bonchev–Trinajstić information content (AvgIpc) is 2.46. The van der Waals surface area contributed by atoms with Gasteiger partial charge in [0.05, 0.1) is 24.5 Å². The second-order valence-electron chi connectivity index (χ2n) is 5.42. The molecule has 4 nitrogen and oxygen atoms in total. The molecule has 0 fully saturated rings. The predicted octanol–water partition coefficient (Wildman–Crippen LogP) is 2.62. The molecule has 0 aliphatic heterocycles. The molecule has 1 atom stereocenters. The van der Waals surface area contributed by atoms with Crippen molar-refractivity contribution in [3.63, 3.8) is 0 Å². The zero-order valence-electron chi connectivity index (χ0n) is 13.6. The first-order valence-corrected chi connectivity index (χ1v) is 7.66. The molecule has 1 rings (SSSR count). The van der Waals surface area contributed by atoms with Gasteiger partial charge in [0.1, 0.15) is 5.82 Å². The molecular formula is C16H28FN3O. The maximum Gasteiger partial charge on any atom is 0.141 e. The molecule has 1 heterocycles. The zero-order chi connectivity index (χ0) is 15.7. The Morgan fingerprint density at radius 1 is 1.33 bits per heavy atom. The van der Waals surface area contributed by atoms with E-state index in [9.17, 15) is 4.39 Å². The number of halogens is 1. The molecule has 1 unspecified atom stereocenters. The Labute approximate surface area is 127 Å². The van der Waals surface area contributed by atoms with Gasteiger partial charge >= 0.3 is 0 Å². The Morgan fingerprint density at radius 2 is 2.10 bits per heavy atom. The van der Waals surface area contributed by atoms with E-state index in [1.165, 1.54) is 12.3 Å². The second kappa shape index (κ2) is 9.82. The van der Waals surface area contributed by atoms with Crippen LogP contribution >= 0.6 is 0 Å². The summed E-state index contributed by atoms with van der Waals surface area (Å²) in [6.45, 7) is 9.92. The molecule has 0 saturated carbocycles. The molecule has 0 aromatic carbocycles. The van der Waals surface area contributed by atoms with Gasteiger partial charge in [-0.2, -0.15) is 0 Å². The number of ether oxygens (including phenoxy) is 1. The molecule has 0 aliphatic rings. The summed E-state index contributed by atoms with van der Waals surface area (Å²) in [6.07, 6.45) is 2.22. The van der Waals surface area contributed by atoms with Crippen molar-refractivity contribution in [3.05, 3.63) is 29.8 Å². The van der Waals surface area contributed by atoms with E-state index in [2.05, 4.69) is 36.0 Å². The monoisotopic (exact) mass is 297 g/mol. The van der Waals surface area contributed by atoms with Crippen LogP contribution in [0.25, 0.3) is 0 Å². The molecule has 1 aromatic rings. The van der Waals surface area contributed by atoms with Crippen LogP contribution in [0, 0.1) is 5.82 Å². The summed E-state index contributed by atoms with van der Waals surface area (Å²) in [4.78, 5) is 6.59. The second-order valence-corrected chi connectivity index (χ2v) is 5.42. The number of aromatic nitrogens is 1. The first-order valence-electron chi connectivity index (χ1n) is 7.66. The van der Waals surface area contributed by atoms with Crippen molar-refractivity contribution in [2.45, 2.75) is 39.3 Å². The Kier molecular flexibility index (Phi) is 8.42. The molecule has 0 saturated heterocycles. The Hall–Kier alpha value is -1.04. The van der Waals surface area contributed by atoms with Gasteiger partial charge in [0, 0.05) is 26.2 Å². The standard InChI is InChI=1S/C16H28FN3O/c1-5-18-16(15-7-6-14(17)12-19-15)8-9-20(13(2)3)10-11-21-4/h6-7,12-13,16,18H,5,8-11H2,1-4H3. The summed E-state index contributed by atoms with van der Waals surface area (Å²) < 4.78 is 18.2. The Bertz CT molecular complexity index is 384. The van der Waals surface area contributed by atoms with Crippen LogP contribution in [-0.2, 0) is 4.74 Å². The topological polar surface area (TPSA) is 37.4 Å². The van der Waals surface area contributed by atoms with Gasteiger partial charge in [-0.05, 0) is 38.9 Å². The van der Waals surface area contributed by atoms with Gasteiger partial charge in [-0.25, -0.2) is 4.39 Å². The van der Waals surface area contributed by atoms with Gasteiger partial charge in [0.15, 0.2) is 0 Å². The van der Waals surface area contributed by atoms with Crippen molar-refractivity contribution in [2.75, 3.05) is 33.4 Å². The highest BCUT2D eigenvalue weighted by molar-refractivity contribution is 5.10. The molecule has 0 aliphatic carbocycles. The van der Waals surface area contributed by atoms with Gasteiger partial charge in [0.25, 0.3) is 0 Å². The summed E-state index contributed by atoms with van der Waals surface area (Å²) in [5.41, 5.74) is 0.897. The van der Waals surface area contributed by atoms with E-state index >= 15 is 0 Å². The fourth-order valence-corrected chi connectivity index (χ4v) is 2.33. The minimum Gasteiger partial charge on any atom is -0.383 e. The van der Waals surface area contributed by atoms with E-state index in [1.807, 2.05) is 0 Å². The molecule has 5 heteroatoms. The molecule has 1 aromatic heterocycles. The molecule has 0 amide bonds. The zero-order valence-corrected chi connectivity index (χ0v) is 13.6. The first kappa shape index (κ1) is 18.0. The third-order valence-electron chi connectivity index (χ3n) is 3.58. The van der Waals surface area contributed by atoms with E-state index in [1.54, 1.807) is 13.2 Å². The number of hydrogen-bond donors (Lipinski definition) is 1. The lowest BCUT2D eigenvalue weighted by Crippen LogP contribution is -2.36. The van der Waals surface area contributed by atoms with Crippen LogP contribution in [0.15, 0.2) is 18.3 Å². The Morgan fingerprint density at radius 3 is 2.62 bits per heavy atom. The van der Waals surface area contributed by atoms with Crippen molar-refractivity contribution in [1.82, 2.24) is 15.2 Å². The average molecular weight is 297 g/mol. The predicted molar refractivity (Wildman–Crippen MR) is 83.8 cm³/mol. The summed E-state index contributed by atoms with van der Waals surface area (Å²) in [5, 5.41) is 3.43. The van der Waals surface area contributed by atoms with Crippen LogP contribution in [0.1, 0.15) is 38.9 Å². The number of nitrogens with zero attached hydrogens (tertiary/aromatic N) is 2. The summed E-state index contributed by atoms with van der Waals surface area (Å²) in [6, 6.07) is 3.86. The number of rotatable bonds is 10. The van der Waals surface area contributed by atoms with Crippen LogP contribution in [0.5, 0.6) is 0 Å². The van der Waals surface area contributed by atoms with E-state index in [-0.39, 0.29) is 11.9 Å². The van der Waals surface area contributed by atoms with Crippen molar-refractivity contribution in [2.24, 2.45) is 0 Å². The normalized spacial score (nSPS) is 13.1. The maximum absolute atomic E-state index is 13.0. The molecular weight excluding hydrogens is 269 g/mol. The highest BCUT2D eigenvalue weighted by Crippen LogP contribution is 2.16. The molecule has 0 radical (unpaired) electrons. The molecule has 21 heavy (non-hydrogen) atoms. The van der Waals surface area contributed by atoms with Crippen molar-refractivity contribution in [3.8, 4) is 0 Å². The lowest BCUT2D eigenvalue weighted by Gasteiger charge is -2.28. The lowest BCUT2D eigenvalue weighted by molar-refractivity contribution is 0.126. The van der Waals surface area contributed by atoms with Gasteiger partial charge < -0.3 is 10.1 Å². The van der Waals surface area contributed by atoms with E-state index in [4.69, 9.17) is 4.74 Å². The van der Waals surface area contributed by atoms with E-state index in [0.29, 0.717) is 6.04 Å². The highest BCUT2D eigenvalue weighted by atomic mass is 19.1. The molecule has 0 bridgehead atoms. The van der Waals surface area contributed by atoms with Crippen LogP contribution in [0.4, 0.5) is 4.39 Å². The summed E-state index contributed by atoms with van der Waals surface area (Å²) >= 11 is 0. The van der Waals surface area contributed by atoms with Gasteiger partial charge in [-0.3, -0.25) is 9.88 Å². The number of pyridine rings is 1. The largest absolute Gasteiger partial charge is 0.383 e. The number of hydrogen-bond acceptors (Lipinski definition) is 4. The van der Waals surface area contributed by atoms with Crippen LogP contribution < -0.4 is 5.32 Å². The number of nitrogens with one attached hydrogen (secondary N) is 1. The Balaban J connectivity index is 2.62. The van der Waals surface area contributed by atoms with Crippen LogP contribution in [0.3, 0.4) is 0 Å². The lowest BCUT2D eigenvalue weighted by atomic mass is 10.1. The van der Waals surface area contributed by atoms with Crippen molar-refractivity contribution in [1.29, 1.82) is 0 Å². The van der Waals surface area contributed by atoms with E-state index in [0.717, 1.165) is 38.4 Å². The van der Waals surface area contributed by atoms with Crippen LogP contribution in [0.2, 0.25) is 0 Å². The fourth-order valence-electron chi connectivity index (χ4n) is 2.33.